The molecule has 2 aromatic carbocycles. The van der Waals surface area contributed by atoms with E-state index in [9.17, 15) is 4.79 Å². The van der Waals surface area contributed by atoms with Gasteiger partial charge in [-0.2, -0.15) is 0 Å². The van der Waals surface area contributed by atoms with Crippen LogP contribution in [-0.2, 0) is 6.42 Å². The highest BCUT2D eigenvalue weighted by Gasteiger charge is 2.13. The number of anilines is 2. The number of rotatable bonds is 9. The van der Waals surface area contributed by atoms with E-state index in [-0.39, 0.29) is 6.03 Å². The molecule has 2 N–H and O–H groups in total. The van der Waals surface area contributed by atoms with E-state index in [1.807, 2.05) is 42.5 Å². The monoisotopic (exact) mass is 456 g/mol. The smallest absolute Gasteiger partial charge is 0.323 e. The van der Waals surface area contributed by atoms with Gasteiger partial charge < -0.3 is 20.4 Å². The fourth-order valence-corrected chi connectivity index (χ4v) is 3.91. The maximum atomic E-state index is 12.3. The third-order valence-corrected chi connectivity index (χ3v) is 5.77. The number of allylic oxidation sites excluding steroid dienone is 3. The van der Waals surface area contributed by atoms with E-state index < -0.39 is 0 Å². The number of carbonyl (C=O) groups is 1. The molecule has 0 radical (unpaired) electrons. The minimum absolute atomic E-state index is 0.226. The molecule has 34 heavy (non-hydrogen) atoms. The van der Waals surface area contributed by atoms with Crippen LogP contribution in [0, 0.1) is 0 Å². The molecule has 2 amide bonds. The second-order valence-electron chi connectivity index (χ2n) is 8.67. The first-order chi connectivity index (χ1) is 16.6. The van der Waals surface area contributed by atoms with Gasteiger partial charge in [-0.05, 0) is 69.3 Å². The summed E-state index contributed by atoms with van der Waals surface area (Å²) in [6.45, 7) is 2.64. The number of amides is 2. The molecule has 0 atom stereocenters. The van der Waals surface area contributed by atoms with Gasteiger partial charge in [0.25, 0.3) is 0 Å². The summed E-state index contributed by atoms with van der Waals surface area (Å²) in [6, 6.07) is 15.9. The Morgan fingerprint density at radius 2 is 1.76 bits per heavy atom. The summed E-state index contributed by atoms with van der Waals surface area (Å²) in [4.78, 5) is 25.8. The third-order valence-electron chi connectivity index (χ3n) is 5.77. The van der Waals surface area contributed by atoms with Crippen molar-refractivity contribution in [2.45, 2.75) is 19.3 Å². The molecule has 7 heteroatoms. The number of hydrogen-bond donors (Lipinski definition) is 2. The van der Waals surface area contributed by atoms with Crippen LogP contribution in [0.3, 0.4) is 0 Å². The van der Waals surface area contributed by atoms with E-state index >= 15 is 0 Å². The lowest BCUT2D eigenvalue weighted by Crippen LogP contribution is -2.34. The normalized spacial score (nSPS) is 13.1. The van der Waals surface area contributed by atoms with Crippen molar-refractivity contribution in [1.29, 1.82) is 0 Å². The molecule has 1 aromatic heterocycles. The van der Waals surface area contributed by atoms with Gasteiger partial charge in [0, 0.05) is 36.4 Å². The molecule has 0 unspecified atom stereocenters. The van der Waals surface area contributed by atoms with Crippen molar-refractivity contribution >= 4 is 28.4 Å². The summed E-state index contributed by atoms with van der Waals surface area (Å²) in [5.74, 6) is 0.966. The van der Waals surface area contributed by atoms with E-state index in [2.05, 4.69) is 68.8 Å². The number of aromatic nitrogens is 2. The van der Waals surface area contributed by atoms with E-state index in [0.29, 0.717) is 0 Å². The first kappa shape index (κ1) is 23.4. The van der Waals surface area contributed by atoms with Gasteiger partial charge in [0.15, 0.2) is 0 Å². The van der Waals surface area contributed by atoms with Gasteiger partial charge in [0.05, 0.1) is 5.52 Å². The minimum Gasteiger partial charge on any atom is -0.354 e. The van der Waals surface area contributed by atoms with E-state index in [0.717, 1.165) is 67.0 Å². The van der Waals surface area contributed by atoms with Crippen LogP contribution in [-0.4, -0.2) is 54.6 Å². The number of carbonyl (C=O) groups excluding carboxylic acids is 1. The largest absolute Gasteiger partial charge is 0.354 e. The number of fused-ring (bicyclic) bond motifs is 1. The topological polar surface area (TPSA) is 73.4 Å². The zero-order valence-corrected chi connectivity index (χ0v) is 19.9. The van der Waals surface area contributed by atoms with Crippen LogP contribution in [0.2, 0.25) is 0 Å². The highest BCUT2D eigenvalue weighted by Crippen LogP contribution is 2.23. The summed E-state index contributed by atoms with van der Waals surface area (Å²) in [7, 11) is 4.17. The van der Waals surface area contributed by atoms with Crippen molar-refractivity contribution in [1.82, 2.24) is 20.2 Å². The zero-order chi connectivity index (χ0) is 23.8. The van der Waals surface area contributed by atoms with Crippen molar-refractivity contribution in [3.8, 4) is 0 Å². The molecule has 0 fully saturated rings. The van der Waals surface area contributed by atoms with Crippen LogP contribution in [0.1, 0.15) is 18.4 Å². The third kappa shape index (κ3) is 6.42. The fraction of sp³-hybridized carbons (Fsp3) is 0.296. The van der Waals surface area contributed by atoms with Crippen LogP contribution in [0.25, 0.3) is 10.9 Å². The Labute approximate surface area is 201 Å². The molecule has 0 saturated carbocycles. The zero-order valence-electron chi connectivity index (χ0n) is 19.9. The van der Waals surface area contributed by atoms with E-state index in [4.69, 9.17) is 0 Å². The molecule has 1 aliphatic rings. The molecule has 1 aliphatic carbocycles. The summed E-state index contributed by atoms with van der Waals surface area (Å²) < 4.78 is 0. The lowest BCUT2D eigenvalue weighted by Gasteiger charge is -2.26. The molecule has 1 heterocycles. The molecular weight excluding hydrogens is 424 g/mol. The maximum Gasteiger partial charge on any atom is 0.323 e. The van der Waals surface area contributed by atoms with Gasteiger partial charge in [0.2, 0.25) is 0 Å². The lowest BCUT2D eigenvalue weighted by molar-refractivity contribution is 0.254. The predicted molar refractivity (Wildman–Crippen MR) is 139 cm³/mol. The predicted octanol–water partition coefficient (Wildman–Crippen LogP) is 4.60. The first-order valence-electron chi connectivity index (χ1n) is 11.7. The van der Waals surface area contributed by atoms with Crippen molar-refractivity contribution < 1.29 is 4.79 Å². The van der Waals surface area contributed by atoms with Crippen LogP contribution in [0.4, 0.5) is 16.3 Å². The Kier molecular flexibility index (Phi) is 7.88. The van der Waals surface area contributed by atoms with Gasteiger partial charge in [-0.25, -0.2) is 14.8 Å². The van der Waals surface area contributed by atoms with Gasteiger partial charge in [0.1, 0.15) is 12.1 Å². The summed E-state index contributed by atoms with van der Waals surface area (Å²) in [5.41, 5.74) is 3.77. The molecule has 0 saturated heterocycles. The van der Waals surface area contributed by atoms with Crippen molar-refractivity contribution in [2.24, 2.45) is 0 Å². The quantitative estimate of drug-likeness (QED) is 0.492. The fourth-order valence-electron chi connectivity index (χ4n) is 3.91. The van der Waals surface area contributed by atoms with Gasteiger partial charge >= 0.3 is 6.03 Å². The van der Waals surface area contributed by atoms with Crippen LogP contribution in [0.5, 0.6) is 0 Å². The van der Waals surface area contributed by atoms with Crippen LogP contribution < -0.4 is 15.5 Å². The Hall–Kier alpha value is -3.71. The number of urea groups is 1. The first-order valence-corrected chi connectivity index (χ1v) is 11.7. The number of likely N-dealkylation sites (N-methyl/N-ethyl adjacent to an activating group) is 1. The van der Waals surface area contributed by atoms with Gasteiger partial charge in [-0.15, -0.1) is 0 Å². The number of para-hydroxylation sites is 1. The summed E-state index contributed by atoms with van der Waals surface area (Å²) >= 11 is 0. The molecule has 0 spiro atoms. The van der Waals surface area contributed by atoms with Crippen molar-refractivity contribution in [3.63, 3.8) is 0 Å². The maximum absolute atomic E-state index is 12.3. The SMILES string of the molecule is CN(C)CCN(CCc1ccc(NC(=O)NC2=CCCC=C2)cc1)c1ncnc2ccccc12. The Bertz CT molecular complexity index is 1160. The van der Waals surface area contributed by atoms with Crippen molar-refractivity contribution in [2.75, 3.05) is 43.9 Å². The van der Waals surface area contributed by atoms with E-state index in [1.165, 1.54) is 5.56 Å². The average molecular weight is 457 g/mol. The Morgan fingerprint density at radius 3 is 2.53 bits per heavy atom. The number of nitrogens with zero attached hydrogens (tertiary/aromatic N) is 4. The average Bonchev–Trinajstić information content (AvgIpc) is 2.85. The molecule has 176 valence electrons. The lowest BCUT2D eigenvalue weighted by atomic mass is 10.1. The van der Waals surface area contributed by atoms with Gasteiger partial charge in [-0.3, -0.25) is 0 Å². The number of hydrogen-bond acceptors (Lipinski definition) is 5. The van der Waals surface area contributed by atoms with Crippen LogP contribution in [0.15, 0.2) is 78.8 Å². The second-order valence-corrected chi connectivity index (χ2v) is 8.67. The number of benzene rings is 2. The summed E-state index contributed by atoms with van der Waals surface area (Å²) in [5, 5.41) is 6.85. The van der Waals surface area contributed by atoms with Crippen LogP contribution >= 0.6 is 0 Å². The Morgan fingerprint density at radius 1 is 0.941 bits per heavy atom. The Balaban J connectivity index is 1.39. The molecule has 4 rings (SSSR count). The second kappa shape index (κ2) is 11.4. The molecule has 0 bridgehead atoms. The molecule has 0 aliphatic heterocycles. The minimum atomic E-state index is -0.226. The van der Waals surface area contributed by atoms with Crippen molar-refractivity contribution in [3.05, 3.63) is 84.3 Å². The highest BCUT2D eigenvalue weighted by molar-refractivity contribution is 5.91. The number of nitrogens with one attached hydrogen (secondary N) is 2. The molecular formula is C27H32N6O. The molecule has 3 aromatic rings. The highest BCUT2D eigenvalue weighted by atomic mass is 16.2. The summed E-state index contributed by atoms with van der Waals surface area (Å²) in [6.07, 6.45) is 10.5. The molecule has 7 nitrogen and oxygen atoms in total. The van der Waals surface area contributed by atoms with E-state index in [1.54, 1.807) is 6.33 Å². The van der Waals surface area contributed by atoms with Gasteiger partial charge in [-0.1, -0.05) is 36.4 Å². The standard InChI is InChI=1S/C27H32N6O/c1-32(2)18-19-33(26-24-10-6-7-11-25(24)28-20-29-26)17-16-21-12-14-23(15-13-21)31-27(34)30-22-8-4-3-5-9-22/h4,6-15,20H,3,5,16-19H2,1-2H3,(H2,30,31,34).